The molecule has 0 saturated carbocycles. The third-order valence-corrected chi connectivity index (χ3v) is 2.91. The van der Waals surface area contributed by atoms with Gasteiger partial charge in [-0.15, -0.1) is 0 Å². The lowest BCUT2D eigenvalue weighted by Crippen LogP contribution is -2.16. The molecule has 18 heavy (non-hydrogen) atoms. The van der Waals surface area contributed by atoms with Crippen LogP contribution in [0.5, 0.6) is 0 Å². The Kier molecular flexibility index (Phi) is 3.06. The van der Waals surface area contributed by atoms with E-state index < -0.39 is 0 Å². The quantitative estimate of drug-likeness (QED) is 0.792. The number of nitrogens with one attached hydrogen (secondary N) is 1. The van der Waals surface area contributed by atoms with Crippen molar-refractivity contribution in [1.82, 2.24) is 9.55 Å². The number of nitrogens with zero attached hydrogens (tertiary/aromatic N) is 2. The van der Waals surface area contributed by atoms with Gasteiger partial charge in [0.1, 0.15) is 5.69 Å². The van der Waals surface area contributed by atoms with Crippen LogP contribution < -0.4 is 11.1 Å². The van der Waals surface area contributed by atoms with E-state index in [-0.39, 0.29) is 5.91 Å². The van der Waals surface area contributed by atoms with Gasteiger partial charge in [-0.3, -0.25) is 4.79 Å². The molecule has 0 atom stereocenters. The highest BCUT2D eigenvalue weighted by Crippen LogP contribution is 2.22. The Hall–Kier alpha value is -2.30. The molecule has 1 aromatic carbocycles. The molecule has 2 rings (SSSR count). The molecule has 1 aromatic heterocycles. The fraction of sp³-hybridized carbons (Fsp3) is 0.231. The van der Waals surface area contributed by atoms with Gasteiger partial charge in [-0.05, 0) is 31.0 Å². The first kappa shape index (κ1) is 12.2. The number of aromatic nitrogens is 2. The normalized spacial score (nSPS) is 10.4. The van der Waals surface area contributed by atoms with Gasteiger partial charge in [0.2, 0.25) is 0 Å². The minimum absolute atomic E-state index is 0.193. The minimum atomic E-state index is -0.193. The number of nitrogen functional groups attached to an aromatic ring is 1. The second kappa shape index (κ2) is 4.52. The summed E-state index contributed by atoms with van der Waals surface area (Å²) < 4.78 is 1.67. The summed E-state index contributed by atoms with van der Waals surface area (Å²) in [6, 6.07) is 3.73. The van der Waals surface area contributed by atoms with Gasteiger partial charge in [-0.1, -0.05) is 6.07 Å². The number of benzene rings is 1. The number of hydrogen-bond donors (Lipinski definition) is 2. The van der Waals surface area contributed by atoms with Crippen molar-refractivity contribution in [3.63, 3.8) is 0 Å². The molecule has 1 heterocycles. The molecule has 94 valence electrons. The van der Waals surface area contributed by atoms with E-state index in [4.69, 9.17) is 5.73 Å². The van der Waals surface area contributed by atoms with Gasteiger partial charge in [-0.2, -0.15) is 0 Å². The van der Waals surface area contributed by atoms with Crippen LogP contribution in [0.25, 0.3) is 0 Å². The Morgan fingerprint density at radius 1 is 1.33 bits per heavy atom. The summed E-state index contributed by atoms with van der Waals surface area (Å²) in [6.45, 7) is 3.88. The monoisotopic (exact) mass is 244 g/mol. The molecule has 3 N–H and O–H groups in total. The van der Waals surface area contributed by atoms with E-state index in [0.717, 1.165) is 16.8 Å². The number of hydrogen-bond acceptors (Lipinski definition) is 3. The molecule has 5 heteroatoms. The molecule has 5 nitrogen and oxygen atoms in total. The highest BCUT2D eigenvalue weighted by Gasteiger charge is 2.11. The molecule has 0 unspecified atom stereocenters. The van der Waals surface area contributed by atoms with E-state index in [9.17, 15) is 4.79 Å². The van der Waals surface area contributed by atoms with E-state index in [0.29, 0.717) is 11.4 Å². The highest BCUT2D eigenvalue weighted by molar-refractivity contribution is 6.03. The zero-order valence-corrected chi connectivity index (χ0v) is 10.7. The smallest absolute Gasteiger partial charge is 0.273 e. The predicted octanol–water partition coefficient (Wildman–Crippen LogP) is 1.87. The Morgan fingerprint density at radius 2 is 2.06 bits per heavy atom. The van der Waals surface area contributed by atoms with E-state index in [1.165, 1.54) is 6.20 Å². The maximum absolute atomic E-state index is 12.0. The summed E-state index contributed by atoms with van der Waals surface area (Å²) in [5.41, 5.74) is 9.74. The van der Waals surface area contributed by atoms with Crippen molar-refractivity contribution in [1.29, 1.82) is 0 Å². The largest absolute Gasteiger partial charge is 0.398 e. The van der Waals surface area contributed by atoms with E-state index in [1.807, 2.05) is 19.9 Å². The second-order valence-corrected chi connectivity index (χ2v) is 4.37. The summed E-state index contributed by atoms with van der Waals surface area (Å²) in [4.78, 5) is 15.9. The number of rotatable bonds is 2. The number of anilines is 2. The molecule has 0 bridgehead atoms. The van der Waals surface area contributed by atoms with E-state index in [2.05, 4.69) is 10.3 Å². The number of nitrogens with two attached hydrogens (primary N) is 1. The van der Waals surface area contributed by atoms with Gasteiger partial charge in [0, 0.05) is 18.4 Å². The molecule has 0 aliphatic carbocycles. The molecule has 0 aliphatic rings. The summed E-state index contributed by atoms with van der Waals surface area (Å²) >= 11 is 0. The Balaban J connectivity index is 2.28. The topological polar surface area (TPSA) is 72.9 Å². The van der Waals surface area contributed by atoms with Crippen LogP contribution in [-0.2, 0) is 7.05 Å². The van der Waals surface area contributed by atoms with Crippen LogP contribution in [0.4, 0.5) is 11.4 Å². The van der Waals surface area contributed by atoms with Gasteiger partial charge in [0.25, 0.3) is 5.91 Å². The molecule has 1 amide bonds. The van der Waals surface area contributed by atoms with E-state index >= 15 is 0 Å². The summed E-state index contributed by atoms with van der Waals surface area (Å²) in [6.07, 6.45) is 3.12. The van der Waals surface area contributed by atoms with Crippen molar-refractivity contribution in [3.05, 3.63) is 41.5 Å². The van der Waals surface area contributed by atoms with Crippen molar-refractivity contribution < 1.29 is 4.79 Å². The number of amides is 1. The molecular formula is C13H16N4O. The number of carbonyl (C=O) groups excluding carboxylic acids is 1. The Labute approximate surface area is 106 Å². The van der Waals surface area contributed by atoms with Crippen molar-refractivity contribution in [3.8, 4) is 0 Å². The second-order valence-electron chi connectivity index (χ2n) is 4.37. The molecule has 0 saturated heterocycles. The van der Waals surface area contributed by atoms with Gasteiger partial charge in [-0.25, -0.2) is 4.98 Å². The number of imidazole rings is 1. The lowest BCUT2D eigenvalue weighted by atomic mass is 10.1. The molecule has 0 radical (unpaired) electrons. The Morgan fingerprint density at radius 3 is 2.67 bits per heavy atom. The third-order valence-electron chi connectivity index (χ3n) is 2.91. The van der Waals surface area contributed by atoms with Gasteiger partial charge in [0.15, 0.2) is 0 Å². The predicted molar refractivity (Wildman–Crippen MR) is 71.5 cm³/mol. The third kappa shape index (κ3) is 2.20. The standard InChI is InChI=1S/C13H16N4O/c1-8-4-9(2)11(5-10(8)14)16-13(18)12-6-15-7-17(12)3/h4-7H,14H2,1-3H3,(H,16,18). The lowest BCUT2D eigenvalue weighted by Gasteiger charge is -2.11. The summed E-state index contributed by atoms with van der Waals surface area (Å²) in [5, 5.41) is 2.84. The van der Waals surface area contributed by atoms with Crippen molar-refractivity contribution in [2.24, 2.45) is 7.05 Å². The van der Waals surface area contributed by atoms with Crippen LogP contribution in [0.3, 0.4) is 0 Å². The average Bonchev–Trinajstić information content (AvgIpc) is 2.72. The van der Waals surface area contributed by atoms with Crippen molar-refractivity contribution >= 4 is 17.3 Å². The molecule has 2 aromatic rings. The number of carbonyl (C=O) groups is 1. The number of aryl methyl sites for hydroxylation is 3. The van der Waals surface area contributed by atoms with Crippen LogP contribution in [-0.4, -0.2) is 15.5 Å². The summed E-state index contributed by atoms with van der Waals surface area (Å²) in [5.74, 6) is -0.193. The van der Waals surface area contributed by atoms with Crippen molar-refractivity contribution in [2.45, 2.75) is 13.8 Å². The van der Waals surface area contributed by atoms with Crippen LogP contribution in [0.1, 0.15) is 21.6 Å². The zero-order chi connectivity index (χ0) is 13.3. The van der Waals surface area contributed by atoms with Crippen LogP contribution in [0, 0.1) is 13.8 Å². The molecule has 0 aliphatic heterocycles. The lowest BCUT2D eigenvalue weighted by molar-refractivity contribution is 0.101. The van der Waals surface area contributed by atoms with Crippen LogP contribution >= 0.6 is 0 Å². The van der Waals surface area contributed by atoms with Crippen LogP contribution in [0.2, 0.25) is 0 Å². The highest BCUT2D eigenvalue weighted by atomic mass is 16.2. The van der Waals surface area contributed by atoms with Gasteiger partial charge in [0.05, 0.1) is 12.5 Å². The van der Waals surface area contributed by atoms with Gasteiger partial charge < -0.3 is 15.6 Å². The van der Waals surface area contributed by atoms with E-state index in [1.54, 1.807) is 24.0 Å². The fourth-order valence-corrected chi connectivity index (χ4v) is 1.77. The molecule has 0 spiro atoms. The first-order valence-electron chi connectivity index (χ1n) is 5.63. The first-order chi connectivity index (χ1) is 8.49. The zero-order valence-electron chi connectivity index (χ0n) is 10.7. The van der Waals surface area contributed by atoms with Crippen molar-refractivity contribution in [2.75, 3.05) is 11.1 Å². The SMILES string of the molecule is Cc1cc(C)c(NC(=O)c2cncn2C)cc1N. The minimum Gasteiger partial charge on any atom is -0.398 e. The molecular weight excluding hydrogens is 228 g/mol. The Bertz CT molecular complexity index is 601. The maximum atomic E-state index is 12.0. The fourth-order valence-electron chi connectivity index (χ4n) is 1.77. The first-order valence-corrected chi connectivity index (χ1v) is 5.63. The molecule has 0 fully saturated rings. The van der Waals surface area contributed by atoms with Crippen LogP contribution in [0.15, 0.2) is 24.7 Å². The van der Waals surface area contributed by atoms with Gasteiger partial charge >= 0.3 is 0 Å². The maximum Gasteiger partial charge on any atom is 0.273 e. The summed E-state index contributed by atoms with van der Waals surface area (Å²) in [7, 11) is 1.78. The average molecular weight is 244 g/mol.